The summed E-state index contributed by atoms with van der Waals surface area (Å²) in [5.41, 5.74) is 7.17. The minimum Gasteiger partial charge on any atom is -0.447 e. The first-order chi connectivity index (χ1) is 17.7. The van der Waals surface area contributed by atoms with E-state index in [4.69, 9.17) is 4.98 Å². The topological polar surface area (TPSA) is 92.5 Å². The van der Waals surface area contributed by atoms with Crippen molar-refractivity contribution in [2.24, 2.45) is 11.7 Å². The number of carbonyl (C=O) groups is 1. The number of ether oxygens (including phenoxy) is 1. The molecule has 2 aliphatic rings. The van der Waals surface area contributed by atoms with Gasteiger partial charge in [-0.3, -0.25) is 9.62 Å². The van der Waals surface area contributed by atoms with Crippen molar-refractivity contribution >= 4 is 35.1 Å². The van der Waals surface area contributed by atoms with E-state index in [0.717, 1.165) is 25.6 Å². The number of thiazole rings is 1. The number of hydrogen-bond acceptors (Lipinski definition) is 8. The van der Waals surface area contributed by atoms with Crippen molar-refractivity contribution in [1.82, 2.24) is 14.6 Å². The molecule has 0 spiro atoms. The largest absolute Gasteiger partial charge is 0.447 e. The van der Waals surface area contributed by atoms with Gasteiger partial charge in [0.25, 0.3) is 0 Å². The second-order valence-electron chi connectivity index (χ2n) is 10.6. The second kappa shape index (κ2) is 15.0. The van der Waals surface area contributed by atoms with Gasteiger partial charge in [-0.1, -0.05) is 46.1 Å². The summed E-state index contributed by atoms with van der Waals surface area (Å²) in [5, 5.41) is 5.08. The fourth-order valence-corrected chi connectivity index (χ4v) is 6.76. The molecule has 37 heavy (non-hydrogen) atoms. The molecule has 2 fully saturated rings. The van der Waals surface area contributed by atoms with Crippen molar-refractivity contribution in [2.75, 3.05) is 31.5 Å². The van der Waals surface area contributed by atoms with Gasteiger partial charge in [-0.05, 0) is 56.7 Å². The molecule has 1 aliphatic carbocycles. The summed E-state index contributed by atoms with van der Waals surface area (Å²) in [5.74, 6) is 1.42. The summed E-state index contributed by atoms with van der Waals surface area (Å²) < 4.78 is 7.84. The van der Waals surface area contributed by atoms with E-state index in [-0.39, 0.29) is 6.10 Å². The highest BCUT2D eigenvalue weighted by atomic mass is 32.2. The van der Waals surface area contributed by atoms with Crippen molar-refractivity contribution in [3.8, 4) is 10.4 Å². The van der Waals surface area contributed by atoms with Gasteiger partial charge in [0.2, 0.25) is 0 Å². The fraction of sp³-hybridized carbons (Fsp3) is 0.643. The van der Waals surface area contributed by atoms with Crippen LogP contribution in [0.3, 0.4) is 0 Å². The highest BCUT2D eigenvalue weighted by molar-refractivity contribution is 7.97. The second-order valence-corrected chi connectivity index (χ2v) is 12.6. The molecule has 0 atom stereocenters. The third-order valence-corrected chi connectivity index (χ3v) is 8.54. The Balaban J connectivity index is 0.000000479. The quantitative estimate of drug-likeness (QED) is 0.284. The van der Waals surface area contributed by atoms with E-state index >= 15 is 0 Å². The van der Waals surface area contributed by atoms with Crippen LogP contribution in [0.15, 0.2) is 29.3 Å². The number of carbonyl (C=O) groups excluding carboxylic acids is 1. The van der Waals surface area contributed by atoms with Crippen LogP contribution >= 0.6 is 23.3 Å². The lowest BCUT2D eigenvalue weighted by atomic mass is 9.90. The number of nitrogens with two attached hydrogens (primary N) is 1. The van der Waals surface area contributed by atoms with Gasteiger partial charge in [0, 0.05) is 54.4 Å². The van der Waals surface area contributed by atoms with Crippen LogP contribution in [-0.4, -0.2) is 54.3 Å². The van der Waals surface area contributed by atoms with Gasteiger partial charge < -0.3 is 15.8 Å². The van der Waals surface area contributed by atoms with Gasteiger partial charge in [0.05, 0.1) is 22.0 Å². The molecule has 4 N–H and O–H groups in total. The van der Waals surface area contributed by atoms with Crippen molar-refractivity contribution in [2.45, 2.75) is 89.7 Å². The predicted octanol–water partition coefficient (Wildman–Crippen LogP) is 6.72. The minimum absolute atomic E-state index is 0.0995. The lowest BCUT2D eigenvalue weighted by Crippen LogP contribution is -2.55. The van der Waals surface area contributed by atoms with Crippen molar-refractivity contribution < 1.29 is 9.53 Å². The normalized spacial score (nSPS) is 16.8. The molecule has 2 heterocycles. The Hall–Kier alpha value is -1.81. The molecule has 1 aromatic carbocycles. The lowest BCUT2D eigenvalue weighted by molar-refractivity contribution is 0.125. The number of benzene rings is 1. The van der Waals surface area contributed by atoms with E-state index in [9.17, 15) is 4.79 Å². The average molecular weight is 548 g/mol. The zero-order valence-corrected chi connectivity index (χ0v) is 24.7. The number of hydrogen-bond donors (Lipinski definition) is 3. The molecule has 7 nitrogen and oxygen atoms in total. The molecule has 1 aliphatic heterocycles. The summed E-state index contributed by atoms with van der Waals surface area (Å²) in [7, 11) is 0. The summed E-state index contributed by atoms with van der Waals surface area (Å²) in [6, 6.07) is 7.41. The Kier molecular flexibility index (Phi) is 12.0. The van der Waals surface area contributed by atoms with Crippen LogP contribution < -0.4 is 15.8 Å². The zero-order valence-electron chi connectivity index (χ0n) is 23.1. The molecule has 1 aromatic heterocycles. The summed E-state index contributed by atoms with van der Waals surface area (Å²) in [6.45, 7) is 14.7. The van der Waals surface area contributed by atoms with Crippen LogP contribution in [-0.2, 0) is 4.74 Å². The standard InChI is InChI=1S/C24H36N4S2.C4H9NO2/c1-4-26-30-22-12-19(27-20-15-28(16-20)14-17(2)3)10-11-21(22)23-13-25-24(29-23)18-8-6-5-7-9-18;1-3(2)7-4(5)6/h10-13,17-18,20,26-27H,4-9,14-16H2,1-3H3;3H,1-2H3,(H2,5,6). The van der Waals surface area contributed by atoms with Crippen molar-refractivity contribution in [1.29, 1.82) is 0 Å². The maximum absolute atomic E-state index is 9.81. The molecule has 1 amide bonds. The van der Waals surface area contributed by atoms with E-state index < -0.39 is 6.09 Å². The van der Waals surface area contributed by atoms with Gasteiger partial charge in [-0.2, -0.15) is 0 Å². The van der Waals surface area contributed by atoms with E-state index in [1.165, 1.54) is 64.7 Å². The van der Waals surface area contributed by atoms with Crippen LogP contribution in [0.2, 0.25) is 0 Å². The highest BCUT2D eigenvalue weighted by Crippen LogP contribution is 2.40. The third-order valence-electron chi connectivity index (χ3n) is 6.35. The number of amides is 1. The Morgan fingerprint density at radius 3 is 2.54 bits per heavy atom. The number of nitrogens with one attached hydrogen (secondary N) is 2. The molecule has 1 saturated heterocycles. The predicted molar refractivity (Wildman–Crippen MR) is 157 cm³/mol. The van der Waals surface area contributed by atoms with E-state index in [1.807, 2.05) is 11.3 Å². The van der Waals surface area contributed by atoms with Crippen LogP contribution in [0, 0.1) is 5.92 Å². The van der Waals surface area contributed by atoms with Gasteiger partial charge in [-0.25, -0.2) is 9.78 Å². The molecular weight excluding hydrogens is 502 g/mol. The van der Waals surface area contributed by atoms with Crippen molar-refractivity contribution in [3.05, 3.63) is 29.4 Å². The van der Waals surface area contributed by atoms with Crippen LogP contribution in [0.4, 0.5) is 10.5 Å². The molecule has 2 aromatic rings. The molecule has 9 heteroatoms. The fourth-order valence-electron chi connectivity index (χ4n) is 4.80. The number of likely N-dealkylation sites (tertiary alicyclic amines) is 1. The molecule has 0 bridgehead atoms. The first kappa shape index (κ1) is 29.7. The highest BCUT2D eigenvalue weighted by Gasteiger charge is 2.27. The maximum atomic E-state index is 9.81. The molecule has 1 saturated carbocycles. The van der Waals surface area contributed by atoms with E-state index in [0.29, 0.717) is 12.0 Å². The molecule has 0 unspecified atom stereocenters. The SMILES string of the molecule is CC(C)OC(N)=O.CCNSc1cc(NC2CN(CC(C)C)C2)ccc1-c1cnc(C2CCCCC2)s1. The van der Waals surface area contributed by atoms with Gasteiger partial charge in [0.1, 0.15) is 0 Å². The molecule has 0 radical (unpaired) electrons. The first-order valence-electron chi connectivity index (χ1n) is 13.7. The van der Waals surface area contributed by atoms with Crippen LogP contribution in [0.1, 0.15) is 77.6 Å². The van der Waals surface area contributed by atoms with Gasteiger partial charge in [0.15, 0.2) is 0 Å². The van der Waals surface area contributed by atoms with Gasteiger partial charge in [-0.15, -0.1) is 11.3 Å². The maximum Gasteiger partial charge on any atom is 0.404 e. The molecule has 4 rings (SSSR count). The Bertz CT molecular complexity index is 969. The van der Waals surface area contributed by atoms with Crippen LogP contribution in [0.25, 0.3) is 10.4 Å². The Labute approximate surface area is 231 Å². The van der Waals surface area contributed by atoms with E-state index in [1.54, 1.807) is 25.8 Å². The molecular formula is C28H45N5O2S2. The zero-order chi connectivity index (χ0) is 26.8. The Morgan fingerprint density at radius 1 is 1.22 bits per heavy atom. The number of anilines is 1. The number of nitrogens with zero attached hydrogens (tertiary/aromatic N) is 2. The van der Waals surface area contributed by atoms with E-state index in [2.05, 4.69) is 70.6 Å². The summed E-state index contributed by atoms with van der Waals surface area (Å²) >= 11 is 3.64. The first-order valence-corrected chi connectivity index (χ1v) is 15.3. The smallest absolute Gasteiger partial charge is 0.404 e. The van der Waals surface area contributed by atoms with Crippen molar-refractivity contribution in [3.63, 3.8) is 0 Å². The Morgan fingerprint density at radius 2 is 1.95 bits per heavy atom. The van der Waals surface area contributed by atoms with Gasteiger partial charge >= 0.3 is 6.09 Å². The third kappa shape index (κ3) is 9.78. The van der Waals surface area contributed by atoms with Crippen LogP contribution in [0.5, 0.6) is 0 Å². The minimum atomic E-state index is -0.713. The number of aromatic nitrogens is 1. The monoisotopic (exact) mass is 547 g/mol. The summed E-state index contributed by atoms with van der Waals surface area (Å²) in [4.78, 5) is 19.8. The number of primary amides is 1. The average Bonchev–Trinajstić information content (AvgIpc) is 3.31. The summed E-state index contributed by atoms with van der Waals surface area (Å²) in [6.07, 6.45) is 8.02. The number of rotatable bonds is 10. The lowest BCUT2D eigenvalue weighted by Gasteiger charge is -2.41. The molecule has 206 valence electrons.